The molecule has 2 aromatic heterocycles. The maximum Gasteiger partial charge on any atom is 0.323 e. The number of thioether (sulfide) groups is 1. The minimum absolute atomic E-state index is 0.173. The minimum atomic E-state index is -0.173. The van der Waals surface area contributed by atoms with Crippen molar-refractivity contribution in [2.24, 2.45) is 0 Å². The van der Waals surface area contributed by atoms with Crippen molar-refractivity contribution in [3.05, 3.63) is 88.2 Å². The Hall–Kier alpha value is -2.99. The molecular formula is C21H19N3O2S. The lowest BCUT2D eigenvalue weighted by atomic mass is 10.1. The Labute approximate surface area is 160 Å². The molecule has 4 aromatic rings. The highest BCUT2D eigenvalue weighted by Crippen LogP contribution is 2.25. The van der Waals surface area contributed by atoms with Gasteiger partial charge in [0.25, 0.3) is 0 Å². The number of benzene rings is 2. The Bertz CT molecular complexity index is 1120. The van der Waals surface area contributed by atoms with Crippen molar-refractivity contribution in [3.8, 4) is 5.75 Å². The number of aromatic amines is 2. The molecule has 27 heavy (non-hydrogen) atoms. The molecule has 0 radical (unpaired) electrons. The lowest BCUT2D eigenvalue weighted by Gasteiger charge is -2.10. The number of aryl methyl sites for hydroxylation is 1. The standard InChI is InChI=1S/C21H19N3O2S/c1-14-10-15(19-4-2-3-5-20(19)23-14)12-26-17-6-8-18(9-7-17)27-13-16-11-22-21(25)24-16/h2-11H,12-13H2,1H3,(H2,22,24,25). The van der Waals surface area contributed by atoms with E-state index in [1.54, 1.807) is 18.0 Å². The highest BCUT2D eigenvalue weighted by atomic mass is 32.2. The second-order valence-electron chi connectivity index (χ2n) is 6.26. The summed E-state index contributed by atoms with van der Waals surface area (Å²) in [5, 5.41) is 1.12. The zero-order valence-corrected chi connectivity index (χ0v) is 15.7. The van der Waals surface area contributed by atoms with Gasteiger partial charge in [-0.1, -0.05) is 18.2 Å². The lowest BCUT2D eigenvalue weighted by Crippen LogP contribution is -2.00. The molecule has 0 atom stereocenters. The van der Waals surface area contributed by atoms with Gasteiger partial charge in [-0.2, -0.15) is 0 Å². The van der Waals surface area contributed by atoms with Gasteiger partial charge >= 0.3 is 5.69 Å². The van der Waals surface area contributed by atoms with Crippen molar-refractivity contribution in [1.82, 2.24) is 15.0 Å². The van der Waals surface area contributed by atoms with Crippen LogP contribution in [0.25, 0.3) is 10.9 Å². The molecule has 136 valence electrons. The first-order valence-electron chi connectivity index (χ1n) is 8.65. The average molecular weight is 377 g/mol. The van der Waals surface area contributed by atoms with E-state index in [0.717, 1.165) is 38.5 Å². The molecular weight excluding hydrogens is 358 g/mol. The van der Waals surface area contributed by atoms with Crippen LogP contribution in [0.4, 0.5) is 0 Å². The summed E-state index contributed by atoms with van der Waals surface area (Å²) in [6, 6.07) is 18.2. The van der Waals surface area contributed by atoms with E-state index in [1.165, 1.54) is 0 Å². The van der Waals surface area contributed by atoms with Crippen molar-refractivity contribution < 1.29 is 4.74 Å². The lowest BCUT2D eigenvalue weighted by molar-refractivity contribution is 0.307. The number of para-hydroxylation sites is 1. The van der Waals surface area contributed by atoms with Crippen molar-refractivity contribution in [3.63, 3.8) is 0 Å². The third-order valence-electron chi connectivity index (χ3n) is 4.19. The first kappa shape index (κ1) is 17.4. The summed E-state index contributed by atoms with van der Waals surface area (Å²) in [6.45, 7) is 2.50. The van der Waals surface area contributed by atoms with Crippen LogP contribution in [0.15, 0.2) is 70.5 Å². The summed E-state index contributed by atoms with van der Waals surface area (Å²) in [7, 11) is 0. The summed E-state index contributed by atoms with van der Waals surface area (Å²) in [6.07, 6.45) is 1.70. The van der Waals surface area contributed by atoms with Gasteiger partial charge in [-0.05, 0) is 43.3 Å². The fourth-order valence-electron chi connectivity index (χ4n) is 2.92. The van der Waals surface area contributed by atoms with Crippen LogP contribution in [0.5, 0.6) is 5.75 Å². The summed E-state index contributed by atoms with van der Waals surface area (Å²) >= 11 is 1.66. The fourth-order valence-corrected chi connectivity index (χ4v) is 3.72. The van der Waals surface area contributed by atoms with E-state index < -0.39 is 0 Å². The van der Waals surface area contributed by atoms with Gasteiger partial charge in [-0.3, -0.25) is 4.98 Å². The number of nitrogens with one attached hydrogen (secondary N) is 2. The SMILES string of the molecule is Cc1cc(COc2ccc(SCc3c[nH]c(=O)[nH]3)cc2)c2ccccc2n1. The molecule has 2 aromatic carbocycles. The van der Waals surface area contributed by atoms with E-state index in [4.69, 9.17) is 4.74 Å². The van der Waals surface area contributed by atoms with Gasteiger partial charge in [0.1, 0.15) is 12.4 Å². The molecule has 5 nitrogen and oxygen atoms in total. The maximum absolute atomic E-state index is 11.1. The topological polar surface area (TPSA) is 70.8 Å². The monoisotopic (exact) mass is 377 g/mol. The van der Waals surface area contributed by atoms with Crippen LogP contribution in [-0.2, 0) is 12.4 Å². The number of nitrogens with zero attached hydrogens (tertiary/aromatic N) is 1. The Morgan fingerprint density at radius 2 is 1.93 bits per heavy atom. The molecule has 2 heterocycles. The van der Waals surface area contributed by atoms with Gasteiger partial charge < -0.3 is 14.7 Å². The maximum atomic E-state index is 11.1. The predicted octanol–water partition coefficient (Wildman–Crippen LogP) is 4.43. The van der Waals surface area contributed by atoms with Crippen LogP contribution in [-0.4, -0.2) is 15.0 Å². The average Bonchev–Trinajstić information content (AvgIpc) is 3.10. The molecule has 6 heteroatoms. The molecule has 0 saturated heterocycles. The Balaban J connectivity index is 1.41. The summed E-state index contributed by atoms with van der Waals surface area (Å²) in [4.78, 5) is 22.2. The highest BCUT2D eigenvalue weighted by molar-refractivity contribution is 7.98. The second-order valence-corrected chi connectivity index (χ2v) is 7.31. The van der Waals surface area contributed by atoms with E-state index >= 15 is 0 Å². The number of hydrogen-bond acceptors (Lipinski definition) is 4. The zero-order chi connectivity index (χ0) is 18.6. The number of imidazole rings is 1. The summed E-state index contributed by atoms with van der Waals surface area (Å²) in [5.41, 5.74) is 3.82. The molecule has 0 spiro atoms. The molecule has 0 aliphatic carbocycles. The zero-order valence-electron chi connectivity index (χ0n) is 14.9. The smallest absolute Gasteiger partial charge is 0.323 e. The first-order valence-corrected chi connectivity index (χ1v) is 9.63. The van der Waals surface area contributed by atoms with Gasteiger partial charge in [0.05, 0.1) is 5.52 Å². The molecule has 0 fully saturated rings. The van der Waals surface area contributed by atoms with Crippen molar-refractivity contribution in [1.29, 1.82) is 0 Å². The van der Waals surface area contributed by atoms with Gasteiger partial charge in [0, 0.05) is 39.2 Å². The number of H-pyrrole nitrogens is 2. The predicted molar refractivity (Wildman–Crippen MR) is 108 cm³/mol. The van der Waals surface area contributed by atoms with Gasteiger partial charge in [0.15, 0.2) is 0 Å². The molecule has 0 saturated carbocycles. The number of hydrogen-bond donors (Lipinski definition) is 2. The Kier molecular flexibility index (Phi) is 4.98. The van der Waals surface area contributed by atoms with Crippen LogP contribution in [0.2, 0.25) is 0 Å². The van der Waals surface area contributed by atoms with Crippen LogP contribution < -0.4 is 10.4 Å². The number of pyridine rings is 1. The number of rotatable bonds is 6. The summed E-state index contributed by atoms with van der Waals surface area (Å²) < 4.78 is 5.99. The van der Waals surface area contributed by atoms with Crippen LogP contribution in [0, 0.1) is 6.92 Å². The molecule has 0 aliphatic heterocycles. The van der Waals surface area contributed by atoms with Crippen LogP contribution >= 0.6 is 11.8 Å². The molecule has 0 bridgehead atoms. The third-order valence-corrected chi connectivity index (χ3v) is 5.25. The summed E-state index contributed by atoms with van der Waals surface area (Å²) in [5.74, 6) is 1.54. The van der Waals surface area contributed by atoms with E-state index in [2.05, 4.69) is 27.1 Å². The Morgan fingerprint density at radius 3 is 2.70 bits per heavy atom. The minimum Gasteiger partial charge on any atom is -0.489 e. The van der Waals surface area contributed by atoms with E-state index in [-0.39, 0.29) is 5.69 Å². The normalized spacial score (nSPS) is 11.0. The van der Waals surface area contributed by atoms with Crippen molar-refractivity contribution in [2.75, 3.05) is 0 Å². The quantitative estimate of drug-likeness (QED) is 0.488. The number of ether oxygens (including phenoxy) is 1. The first-order chi connectivity index (χ1) is 13.2. The van der Waals surface area contributed by atoms with Crippen molar-refractivity contribution in [2.45, 2.75) is 24.2 Å². The third kappa shape index (κ3) is 4.23. The van der Waals surface area contributed by atoms with Crippen molar-refractivity contribution >= 4 is 22.7 Å². The van der Waals surface area contributed by atoms with E-state index in [0.29, 0.717) is 12.4 Å². The van der Waals surface area contributed by atoms with Crippen LogP contribution in [0.3, 0.4) is 0 Å². The van der Waals surface area contributed by atoms with Crippen LogP contribution in [0.1, 0.15) is 17.0 Å². The second kappa shape index (κ2) is 7.72. The highest BCUT2D eigenvalue weighted by Gasteiger charge is 2.05. The van der Waals surface area contributed by atoms with Gasteiger partial charge in [0.2, 0.25) is 0 Å². The molecule has 4 rings (SSSR count). The fraction of sp³-hybridized carbons (Fsp3) is 0.143. The van der Waals surface area contributed by atoms with E-state index in [9.17, 15) is 4.79 Å². The Morgan fingerprint density at radius 1 is 1.11 bits per heavy atom. The number of fused-ring (bicyclic) bond motifs is 1. The van der Waals surface area contributed by atoms with E-state index in [1.807, 2.05) is 49.4 Å². The molecule has 2 N–H and O–H groups in total. The molecule has 0 aliphatic rings. The number of aromatic nitrogens is 3. The van der Waals surface area contributed by atoms with Gasteiger partial charge in [-0.25, -0.2) is 4.79 Å². The molecule has 0 amide bonds. The van der Waals surface area contributed by atoms with Gasteiger partial charge in [-0.15, -0.1) is 11.8 Å². The largest absolute Gasteiger partial charge is 0.489 e. The molecule has 0 unspecified atom stereocenters.